The number of nitrogens with zero attached hydrogens (tertiary/aromatic N) is 4. The van der Waals surface area contributed by atoms with Crippen LogP contribution in [0.5, 0.6) is 0 Å². The van der Waals surface area contributed by atoms with E-state index in [0.29, 0.717) is 5.69 Å². The molecule has 4 rings (SSSR count). The molecule has 27 heavy (non-hydrogen) atoms. The number of amides is 1. The number of thiazole rings is 1. The van der Waals surface area contributed by atoms with Crippen LogP contribution >= 0.6 is 34.3 Å². The highest BCUT2D eigenvalue weighted by Crippen LogP contribution is 2.33. The molecule has 1 N–H and O–H groups in total. The molecule has 1 amide bonds. The highest BCUT2D eigenvalue weighted by Gasteiger charge is 2.12. The number of carbonyl (C=O) groups is 1. The van der Waals surface area contributed by atoms with Gasteiger partial charge in [-0.2, -0.15) is 0 Å². The number of carbonyl (C=O) groups excluding carboxylic acids is 1. The maximum Gasteiger partial charge on any atom is 0.230 e. The van der Waals surface area contributed by atoms with Crippen molar-refractivity contribution in [3.8, 4) is 21.3 Å². The SMILES string of the molecule is Cn1cnnc1-c1cccc(NC(=O)Cc2csc(-c3ccc(Cl)s3)n2)c1. The van der Waals surface area contributed by atoms with Gasteiger partial charge in [-0.05, 0) is 24.3 Å². The maximum absolute atomic E-state index is 12.4. The molecule has 1 aromatic carbocycles. The van der Waals surface area contributed by atoms with Gasteiger partial charge in [-0.3, -0.25) is 4.79 Å². The quantitative estimate of drug-likeness (QED) is 0.520. The summed E-state index contributed by atoms with van der Waals surface area (Å²) in [7, 11) is 1.88. The molecule has 9 heteroatoms. The minimum absolute atomic E-state index is 0.119. The fourth-order valence-electron chi connectivity index (χ4n) is 2.58. The van der Waals surface area contributed by atoms with Crippen molar-refractivity contribution >= 4 is 45.9 Å². The van der Waals surface area contributed by atoms with Gasteiger partial charge in [0.05, 0.1) is 21.3 Å². The Morgan fingerprint density at radius 1 is 1.30 bits per heavy atom. The average Bonchev–Trinajstić information content (AvgIpc) is 3.36. The predicted octanol–water partition coefficient (Wildman–Crippen LogP) is 4.50. The van der Waals surface area contributed by atoms with E-state index >= 15 is 0 Å². The van der Waals surface area contributed by atoms with Gasteiger partial charge in [0.25, 0.3) is 0 Å². The first kappa shape index (κ1) is 17.8. The molecule has 0 aliphatic heterocycles. The zero-order chi connectivity index (χ0) is 18.8. The third-order valence-electron chi connectivity index (χ3n) is 3.79. The molecule has 6 nitrogen and oxygen atoms in total. The number of benzene rings is 1. The molecule has 0 radical (unpaired) electrons. The van der Waals surface area contributed by atoms with Crippen molar-refractivity contribution in [3.63, 3.8) is 0 Å². The van der Waals surface area contributed by atoms with E-state index in [0.717, 1.165) is 31.3 Å². The van der Waals surface area contributed by atoms with Crippen LogP contribution < -0.4 is 5.32 Å². The van der Waals surface area contributed by atoms with Crippen molar-refractivity contribution in [2.75, 3.05) is 5.32 Å². The maximum atomic E-state index is 12.4. The van der Waals surface area contributed by atoms with Gasteiger partial charge in [-0.15, -0.1) is 32.9 Å². The van der Waals surface area contributed by atoms with Crippen molar-refractivity contribution in [1.29, 1.82) is 0 Å². The Morgan fingerprint density at radius 2 is 2.19 bits per heavy atom. The first-order valence-electron chi connectivity index (χ1n) is 8.03. The highest BCUT2D eigenvalue weighted by atomic mass is 35.5. The molecule has 0 aliphatic carbocycles. The summed E-state index contributed by atoms with van der Waals surface area (Å²) in [5.41, 5.74) is 2.33. The lowest BCUT2D eigenvalue weighted by Gasteiger charge is -2.06. The number of hydrogen-bond donors (Lipinski definition) is 1. The minimum atomic E-state index is -0.119. The summed E-state index contributed by atoms with van der Waals surface area (Å²) >= 11 is 8.96. The summed E-state index contributed by atoms with van der Waals surface area (Å²) in [6.07, 6.45) is 1.85. The lowest BCUT2D eigenvalue weighted by Crippen LogP contribution is -2.14. The summed E-state index contributed by atoms with van der Waals surface area (Å²) in [6.45, 7) is 0. The molecule has 0 spiro atoms. The summed E-state index contributed by atoms with van der Waals surface area (Å²) < 4.78 is 2.55. The monoisotopic (exact) mass is 415 g/mol. The Morgan fingerprint density at radius 3 is 2.93 bits per heavy atom. The van der Waals surface area contributed by atoms with Gasteiger partial charge in [0, 0.05) is 23.7 Å². The Hall–Kier alpha value is -2.55. The zero-order valence-electron chi connectivity index (χ0n) is 14.2. The second-order valence-corrected chi connectivity index (χ2v) is 8.39. The van der Waals surface area contributed by atoms with E-state index in [2.05, 4.69) is 20.5 Å². The van der Waals surface area contributed by atoms with Crippen LogP contribution in [-0.4, -0.2) is 25.7 Å². The summed E-state index contributed by atoms with van der Waals surface area (Å²) in [6, 6.07) is 11.3. The number of anilines is 1. The van der Waals surface area contributed by atoms with Crippen LogP contribution in [0.2, 0.25) is 4.34 Å². The number of hydrogen-bond acceptors (Lipinski definition) is 6. The van der Waals surface area contributed by atoms with E-state index in [1.54, 1.807) is 6.33 Å². The molecule has 0 atom stereocenters. The molecular weight excluding hydrogens is 402 g/mol. The van der Waals surface area contributed by atoms with Crippen molar-refractivity contribution in [1.82, 2.24) is 19.7 Å². The van der Waals surface area contributed by atoms with Crippen molar-refractivity contribution in [2.24, 2.45) is 7.05 Å². The fraction of sp³-hybridized carbons (Fsp3) is 0.111. The molecule has 0 saturated heterocycles. The topological polar surface area (TPSA) is 72.7 Å². The Labute approximate surface area is 168 Å². The smallest absolute Gasteiger partial charge is 0.230 e. The first-order chi connectivity index (χ1) is 13.1. The van der Waals surface area contributed by atoms with Crippen molar-refractivity contribution < 1.29 is 4.79 Å². The Kier molecular flexibility index (Phi) is 5.02. The van der Waals surface area contributed by atoms with E-state index in [-0.39, 0.29) is 12.3 Å². The first-order valence-corrected chi connectivity index (χ1v) is 10.1. The third kappa shape index (κ3) is 4.08. The van der Waals surface area contributed by atoms with Crippen LogP contribution in [0.4, 0.5) is 5.69 Å². The van der Waals surface area contributed by atoms with E-state index in [9.17, 15) is 4.79 Å². The fourth-order valence-corrected chi connectivity index (χ4v) is 4.52. The van der Waals surface area contributed by atoms with Gasteiger partial charge in [0.15, 0.2) is 5.82 Å². The number of nitrogens with one attached hydrogen (secondary N) is 1. The van der Waals surface area contributed by atoms with Gasteiger partial charge in [-0.1, -0.05) is 23.7 Å². The molecule has 0 saturated carbocycles. The standard InChI is InChI=1S/C18H14ClN5OS2/c1-24-10-20-23-17(24)11-3-2-4-12(7-11)21-16(25)8-13-9-26-18(22-13)14-5-6-15(19)27-14/h2-7,9-10H,8H2,1H3,(H,21,25). The largest absolute Gasteiger partial charge is 0.326 e. The van der Waals surface area contributed by atoms with Crippen LogP contribution in [0.3, 0.4) is 0 Å². The number of aryl methyl sites for hydroxylation is 1. The van der Waals surface area contributed by atoms with Gasteiger partial charge in [-0.25, -0.2) is 4.98 Å². The second-order valence-electron chi connectivity index (χ2n) is 5.82. The van der Waals surface area contributed by atoms with Crippen molar-refractivity contribution in [3.05, 3.63) is 58.1 Å². The zero-order valence-corrected chi connectivity index (χ0v) is 16.6. The molecule has 4 aromatic rings. The number of halogens is 1. The number of aromatic nitrogens is 4. The second kappa shape index (κ2) is 7.59. The molecule has 0 unspecified atom stereocenters. The average molecular weight is 416 g/mol. The van der Waals surface area contributed by atoms with Crippen LogP contribution in [-0.2, 0) is 18.3 Å². The summed E-state index contributed by atoms with van der Waals surface area (Å²) in [5, 5.41) is 13.7. The Bertz CT molecular complexity index is 1100. The number of thiophene rings is 1. The number of rotatable bonds is 5. The molecular formula is C18H14ClN5OS2. The Balaban J connectivity index is 1.44. The lowest BCUT2D eigenvalue weighted by atomic mass is 10.2. The normalized spacial score (nSPS) is 10.9. The van der Waals surface area contributed by atoms with Gasteiger partial charge < -0.3 is 9.88 Å². The van der Waals surface area contributed by atoms with E-state index < -0.39 is 0 Å². The van der Waals surface area contributed by atoms with Gasteiger partial charge in [0.2, 0.25) is 5.91 Å². The van der Waals surface area contributed by atoms with Gasteiger partial charge in [0.1, 0.15) is 11.3 Å². The van der Waals surface area contributed by atoms with Crippen LogP contribution in [0.25, 0.3) is 21.3 Å². The molecule has 0 bridgehead atoms. The van der Waals surface area contributed by atoms with Crippen LogP contribution in [0.1, 0.15) is 5.69 Å². The summed E-state index contributed by atoms with van der Waals surface area (Å²) in [5.74, 6) is 0.621. The van der Waals surface area contributed by atoms with E-state index in [1.165, 1.54) is 22.7 Å². The predicted molar refractivity (Wildman–Crippen MR) is 109 cm³/mol. The van der Waals surface area contributed by atoms with Crippen LogP contribution in [0.15, 0.2) is 48.1 Å². The van der Waals surface area contributed by atoms with Crippen molar-refractivity contribution in [2.45, 2.75) is 6.42 Å². The summed E-state index contributed by atoms with van der Waals surface area (Å²) in [4.78, 5) is 17.9. The highest BCUT2D eigenvalue weighted by molar-refractivity contribution is 7.23. The molecule has 3 heterocycles. The molecule has 136 valence electrons. The van der Waals surface area contributed by atoms with Gasteiger partial charge >= 0.3 is 0 Å². The molecule has 0 aliphatic rings. The molecule has 3 aromatic heterocycles. The van der Waals surface area contributed by atoms with E-state index in [4.69, 9.17) is 11.6 Å². The lowest BCUT2D eigenvalue weighted by molar-refractivity contribution is -0.115. The van der Waals surface area contributed by atoms with Crippen LogP contribution in [0, 0.1) is 0 Å². The minimum Gasteiger partial charge on any atom is -0.326 e. The third-order valence-corrected chi connectivity index (χ3v) is 6.08. The molecule has 0 fully saturated rings. The van der Waals surface area contributed by atoms with E-state index in [1.807, 2.05) is 53.4 Å².